The van der Waals surface area contributed by atoms with Crippen molar-refractivity contribution in [3.8, 4) is 0 Å². The van der Waals surface area contributed by atoms with Crippen LogP contribution in [0.5, 0.6) is 0 Å². The monoisotopic (exact) mass is 403 g/mol. The maximum absolute atomic E-state index is 4.24. The highest BCUT2D eigenvalue weighted by molar-refractivity contribution is 9.10. The number of benzene rings is 1. The summed E-state index contributed by atoms with van der Waals surface area (Å²) < 4.78 is 3.07. The zero-order valence-corrected chi connectivity index (χ0v) is 16.5. The average molecular weight is 404 g/mol. The fourth-order valence-electron chi connectivity index (χ4n) is 1.54. The molecular weight excluding hydrogens is 386 g/mol. The molecule has 0 aliphatic carbocycles. The van der Waals surface area contributed by atoms with Crippen LogP contribution in [0.3, 0.4) is 0 Å². The molecule has 1 heterocycles. The molecule has 1 N–H and O–H groups in total. The van der Waals surface area contributed by atoms with E-state index < -0.39 is 0 Å². The molecule has 2 rings (SSSR count). The normalized spacial score (nSPS) is 11.9. The van der Waals surface area contributed by atoms with Crippen molar-refractivity contribution in [1.82, 2.24) is 15.5 Å². The predicted molar refractivity (Wildman–Crippen MR) is 96.5 cm³/mol. The lowest BCUT2D eigenvalue weighted by molar-refractivity contribution is 0.422. The first-order valence-electron chi connectivity index (χ1n) is 6.46. The molecule has 0 saturated heterocycles. The average Bonchev–Trinajstić information content (AvgIpc) is 2.84. The summed E-state index contributed by atoms with van der Waals surface area (Å²) in [6.45, 7) is 7.36. The predicted octanol–water partition coefficient (Wildman–Crippen LogP) is 5.06. The largest absolute Gasteiger partial charge is 0.308 e. The molecule has 3 nitrogen and oxygen atoms in total. The molecule has 21 heavy (non-hydrogen) atoms. The van der Waals surface area contributed by atoms with Crippen LogP contribution >= 0.6 is 50.8 Å². The molecule has 0 aliphatic rings. The lowest BCUT2D eigenvalue weighted by atomic mass is 10.1. The van der Waals surface area contributed by atoms with Gasteiger partial charge in [-0.2, -0.15) is 0 Å². The summed E-state index contributed by atoms with van der Waals surface area (Å²) >= 11 is 8.49. The molecule has 114 valence electrons. The molecule has 1 aromatic carbocycles. The number of hydrogen-bond acceptors (Lipinski definition) is 6. The van der Waals surface area contributed by atoms with Crippen molar-refractivity contribution in [1.29, 1.82) is 0 Å². The summed E-state index contributed by atoms with van der Waals surface area (Å²) in [6, 6.07) is 6.38. The first-order valence-corrected chi connectivity index (χ1v) is 10.1. The number of rotatable bonds is 5. The highest BCUT2D eigenvalue weighted by atomic mass is 79.9. The van der Waals surface area contributed by atoms with Gasteiger partial charge >= 0.3 is 0 Å². The number of halogens is 1. The van der Waals surface area contributed by atoms with E-state index in [9.17, 15) is 0 Å². The fraction of sp³-hybridized carbons (Fsp3) is 0.429. The van der Waals surface area contributed by atoms with Gasteiger partial charge in [-0.25, -0.2) is 0 Å². The van der Waals surface area contributed by atoms with E-state index >= 15 is 0 Å². The van der Waals surface area contributed by atoms with Gasteiger partial charge < -0.3 is 5.32 Å². The van der Waals surface area contributed by atoms with Crippen LogP contribution in [0, 0.1) is 0 Å². The topological polar surface area (TPSA) is 37.8 Å². The quantitative estimate of drug-likeness (QED) is 0.705. The fourth-order valence-corrected chi connectivity index (χ4v) is 4.62. The van der Waals surface area contributed by atoms with Crippen molar-refractivity contribution >= 4 is 50.8 Å². The van der Waals surface area contributed by atoms with E-state index in [1.807, 2.05) is 6.26 Å². The van der Waals surface area contributed by atoms with E-state index in [2.05, 4.69) is 70.4 Å². The molecule has 7 heteroatoms. The van der Waals surface area contributed by atoms with Crippen LogP contribution in [0.2, 0.25) is 0 Å². The first-order chi connectivity index (χ1) is 9.87. The Bertz CT molecular complexity index is 608. The molecule has 0 bridgehead atoms. The molecule has 0 aliphatic heterocycles. The molecule has 0 spiro atoms. The van der Waals surface area contributed by atoms with E-state index in [-0.39, 0.29) is 5.54 Å². The van der Waals surface area contributed by atoms with E-state index in [0.717, 1.165) is 19.7 Å². The van der Waals surface area contributed by atoms with E-state index in [1.165, 1.54) is 10.5 Å². The van der Waals surface area contributed by atoms with Gasteiger partial charge in [0.25, 0.3) is 0 Å². The number of aromatic nitrogens is 2. The van der Waals surface area contributed by atoms with Crippen LogP contribution in [0.4, 0.5) is 0 Å². The van der Waals surface area contributed by atoms with Crippen LogP contribution in [0.25, 0.3) is 0 Å². The Morgan fingerprint density at radius 1 is 1.24 bits per heavy atom. The number of nitrogens with zero attached hydrogens (tertiary/aromatic N) is 2. The van der Waals surface area contributed by atoms with Crippen LogP contribution in [-0.4, -0.2) is 22.0 Å². The Morgan fingerprint density at radius 2 is 1.95 bits per heavy atom. The lowest BCUT2D eigenvalue weighted by Gasteiger charge is -2.21. The molecular formula is C14H18BrN3S3. The SMILES string of the molecule is CSc1nnc(Sc2cc(Br)ccc2CNC(C)(C)C)s1. The van der Waals surface area contributed by atoms with Gasteiger partial charge in [0.1, 0.15) is 0 Å². The Hall–Kier alpha value is -0.0800. The third kappa shape index (κ3) is 5.56. The summed E-state index contributed by atoms with van der Waals surface area (Å²) in [5.41, 5.74) is 1.38. The minimum absolute atomic E-state index is 0.101. The van der Waals surface area contributed by atoms with Crippen LogP contribution in [-0.2, 0) is 6.54 Å². The minimum Gasteiger partial charge on any atom is -0.308 e. The van der Waals surface area contributed by atoms with Crippen molar-refractivity contribution in [2.45, 2.75) is 46.4 Å². The van der Waals surface area contributed by atoms with E-state index in [1.54, 1.807) is 34.9 Å². The molecule has 0 radical (unpaired) electrons. The van der Waals surface area contributed by atoms with Gasteiger partial charge in [0, 0.05) is 21.5 Å². The highest BCUT2D eigenvalue weighted by Crippen LogP contribution is 2.36. The number of nitrogens with one attached hydrogen (secondary N) is 1. The second kappa shape index (κ2) is 7.46. The maximum Gasteiger partial charge on any atom is 0.179 e. The minimum atomic E-state index is 0.101. The van der Waals surface area contributed by atoms with Crippen molar-refractivity contribution in [2.75, 3.05) is 6.26 Å². The first kappa shape index (κ1) is 17.3. The maximum atomic E-state index is 4.24. The van der Waals surface area contributed by atoms with Crippen LogP contribution in [0.15, 0.2) is 36.2 Å². The summed E-state index contributed by atoms with van der Waals surface area (Å²) in [4.78, 5) is 1.21. The number of thioether (sulfide) groups is 1. The summed E-state index contributed by atoms with van der Waals surface area (Å²) in [5.74, 6) is 0. The molecule has 0 amide bonds. The van der Waals surface area contributed by atoms with Gasteiger partial charge in [0.05, 0.1) is 0 Å². The molecule has 0 fully saturated rings. The van der Waals surface area contributed by atoms with E-state index in [0.29, 0.717) is 0 Å². The van der Waals surface area contributed by atoms with Gasteiger partial charge in [-0.05, 0) is 44.7 Å². The summed E-state index contributed by atoms with van der Waals surface area (Å²) in [5, 5.41) is 11.9. The van der Waals surface area contributed by atoms with Crippen LogP contribution < -0.4 is 5.32 Å². The summed E-state index contributed by atoms with van der Waals surface area (Å²) in [7, 11) is 0. The molecule has 1 aromatic heterocycles. The summed E-state index contributed by atoms with van der Waals surface area (Å²) in [6.07, 6.45) is 2.02. The molecule has 0 saturated carbocycles. The molecule has 0 unspecified atom stereocenters. The van der Waals surface area contributed by atoms with Crippen LogP contribution in [0.1, 0.15) is 26.3 Å². The zero-order valence-electron chi connectivity index (χ0n) is 12.4. The van der Waals surface area contributed by atoms with Gasteiger partial charge in [-0.15, -0.1) is 10.2 Å². The van der Waals surface area contributed by atoms with Crippen molar-refractivity contribution in [3.05, 3.63) is 28.2 Å². The van der Waals surface area contributed by atoms with Crippen molar-refractivity contribution < 1.29 is 0 Å². The van der Waals surface area contributed by atoms with Gasteiger partial charge in [-0.1, -0.05) is 56.9 Å². The second-order valence-electron chi connectivity index (χ2n) is 5.50. The number of hydrogen-bond donors (Lipinski definition) is 1. The highest BCUT2D eigenvalue weighted by Gasteiger charge is 2.13. The van der Waals surface area contributed by atoms with Crippen molar-refractivity contribution in [3.63, 3.8) is 0 Å². The zero-order chi connectivity index (χ0) is 15.5. The lowest BCUT2D eigenvalue weighted by Crippen LogP contribution is -2.35. The van der Waals surface area contributed by atoms with E-state index in [4.69, 9.17) is 0 Å². The van der Waals surface area contributed by atoms with Gasteiger partial charge in [-0.3, -0.25) is 0 Å². The Kier molecular flexibility index (Phi) is 6.14. The smallest absolute Gasteiger partial charge is 0.179 e. The van der Waals surface area contributed by atoms with Crippen molar-refractivity contribution in [2.24, 2.45) is 0 Å². The molecule has 2 aromatic rings. The Balaban J connectivity index is 2.18. The molecule has 0 atom stereocenters. The third-order valence-electron chi connectivity index (χ3n) is 2.60. The van der Waals surface area contributed by atoms with Gasteiger partial charge in [0.2, 0.25) is 0 Å². The second-order valence-corrected chi connectivity index (χ2v) is 9.73. The third-order valence-corrected chi connectivity index (χ3v) is 6.14. The Labute approximate surface area is 146 Å². The Morgan fingerprint density at radius 3 is 2.57 bits per heavy atom. The van der Waals surface area contributed by atoms with Gasteiger partial charge in [0.15, 0.2) is 8.68 Å². The standard InChI is InChI=1S/C14H18BrN3S3/c1-14(2,3)16-8-9-5-6-10(15)7-11(9)20-13-18-17-12(19-4)21-13/h5-7,16H,8H2,1-4H3.